The Morgan fingerprint density at radius 1 is 0.575 bits per heavy atom. The van der Waals surface area contributed by atoms with Crippen molar-refractivity contribution in [1.29, 1.82) is 0 Å². The van der Waals surface area contributed by atoms with Crippen LogP contribution in [-0.4, -0.2) is 42.4 Å². The van der Waals surface area contributed by atoms with Crippen molar-refractivity contribution < 1.29 is 19.0 Å². The molecule has 0 spiro atoms. The average molecular weight is 665 g/mol. The van der Waals surface area contributed by atoms with E-state index in [1.165, 1.54) is 17.4 Å². The van der Waals surface area contributed by atoms with Gasteiger partial charge < -0.3 is 5.32 Å². The summed E-state index contributed by atoms with van der Waals surface area (Å²) in [5.74, 6) is 5.50. The van der Waals surface area contributed by atoms with Crippen molar-refractivity contribution in [2.45, 2.75) is 0 Å². The normalized spacial score (nSPS) is 14.7. The minimum absolute atomic E-state index is 0.0920. The Morgan fingerprint density at radius 2 is 1.05 bits per heavy atom. The van der Waals surface area contributed by atoms with E-state index in [2.05, 4.69) is 41.7 Å². The Balaban J connectivity index is 0.000000202. The topological polar surface area (TPSA) is 56.8 Å². The summed E-state index contributed by atoms with van der Waals surface area (Å²) >= 11 is 3.86. The van der Waals surface area contributed by atoms with Gasteiger partial charge in [0.25, 0.3) is 5.91 Å². The van der Waals surface area contributed by atoms with Crippen molar-refractivity contribution in [1.82, 2.24) is 5.32 Å². The third kappa shape index (κ3) is 4.73. The van der Waals surface area contributed by atoms with Gasteiger partial charge in [0.05, 0.1) is 0 Å². The van der Waals surface area contributed by atoms with Crippen LogP contribution < -0.4 is 36.9 Å². The first-order valence-electron chi connectivity index (χ1n) is 12.6. The van der Waals surface area contributed by atoms with Crippen LogP contribution in [0.5, 0.6) is 34.5 Å². The van der Waals surface area contributed by atoms with E-state index < -0.39 is 31.5 Å². The third-order valence-corrected chi connectivity index (χ3v) is 12.9. The van der Waals surface area contributed by atoms with E-state index in [0.717, 1.165) is 40.1 Å². The molecule has 0 saturated heterocycles. The second kappa shape index (κ2) is 10.6. The van der Waals surface area contributed by atoms with Crippen LogP contribution in [0.3, 0.4) is 0 Å². The standard InChI is InChI=1S/C24H16As2O3.C8H5NOS/c1-3-9-17-15(7-1)25-23-19(27-17)11-5-13-21(23)29-22-14-6-12-20-24(22)26-16-8-2-4-10-18(16)28-20;10-7-5-3-1-2-4-6(5)8(11)9-7/h1-14,25-26H;1-4H,(H,9,10,11). The molecule has 8 rings (SSSR count). The van der Waals surface area contributed by atoms with Crippen molar-refractivity contribution in [2.24, 2.45) is 0 Å². The molecule has 0 fully saturated rings. The molecule has 2 atom stereocenters. The molecule has 5 nitrogen and oxygen atoms in total. The zero-order valence-electron chi connectivity index (χ0n) is 20.9. The fourth-order valence-corrected chi connectivity index (χ4v) is 10.1. The molecular formula is C32H21As2NO4S. The number of ether oxygens (including phenoxy) is 3. The van der Waals surface area contributed by atoms with Crippen LogP contribution in [0.15, 0.2) is 109 Å². The summed E-state index contributed by atoms with van der Waals surface area (Å²) in [6.07, 6.45) is 0. The van der Waals surface area contributed by atoms with Crippen LogP contribution >= 0.6 is 12.2 Å². The zero-order valence-corrected chi connectivity index (χ0v) is 25.9. The first-order chi connectivity index (χ1) is 19.6. The summed E-state index contributed by atoms with van der Waals surface area (Å²) < 4.78 is 23.8. The molecule has 3 aliphatic rings. The Hall–Kier alpha value is -3.82. The van der Waals surface area contributed by atoms with E-state index >= 15 is 0 Å². The second-order valence-electron chi connectivity index (χ2n) is 9.14. The van der Waals surface area contributed by atoms with Gasteiger partial charge in [-0.3, -0.25) is 4.79 Å². The van der Waals surface area contributed by atoms with Crippen LogP contribution in [-0.2, 0) is 0 Å². The average Bonchev–Trinajstić information content (AvgIpc) is 3.29. The maximum absolute atomic E-state index is 11.1. The Labute approximate surface area is 249 Å². The van der Waals surface area contributed by atoms with Crippen LogP contribution in [0.4, 0.5) is 0 Å². The van der Waals surface area contributed by atoms with Gasteiger partial charge in [-0.15, -0.1) is 0 Å². The van der Waals surface area contributed by atoms with E-state index in [9.17, 15) is 4.79 Å². The third-order valence-electron chi connectivity index (χ3n) is 6.57. The number of hydrogen-bond donors (Lipinski definition) is 1. The van der Waals surface area contributed by atoms with Crippen LogP contribution in [0.25, 0.3) is 0 Å². The molecule has 194 valence electrons. The number of para-hydroxylation sites is 2. The molecule has 0 aliphatic carbocycles. The summed E-state index contributed by atoms with van der Waals surface area (Å²) in [5, 5.41) is 2.57. The number of carbonyl (C=O) groups is 1. The van der Waals surface area contributed by atoms with Gasteiger partial charge in [-0.25, -0.2) is 0 Å². The fourth-order valence-electron chi connectivity index (χ4n) is 4.67. The van der Waals surface area contributed by atoms with Crippen LogP contribution in [0.2, 0.25) is 0 Å². The summed E-state index contributed by atoms with van der Waals surface area (Å²) in [6, 6.07) is 36.1. The van der Waals surface area contributed by atoms with Gasteiger partial charge in [0.15, 0.2) is 0 Å². The minimum atomic E-state index is -0.530. The molecule has 0 saturated carbocycles. The van der Waals surface area contributed by atoms with Gasteiger partial charge >= 0.3 is 183 Å². The maximum atomic E-state index is 11.1. The first kappa shape index (κ1) is 25.2. The van der Waals surface area contributed by atoms with Crippen molar-refractivity contribution in [3.8, 4) is 34.5 Å². The van der Waals surface area contributed by atoms with E-state index in [1.54, 1.807) is 6.07 Å². The predicted octanol–water partition coefficient (Wildman–Crippen LogP) is 3.57. The Kier molecular flexibility index (Phi) is 6.69. The molecule has 0 aromatic heterocycles. The Morgan fingerprint density at radius 3 is 1.60 bits per heavy atom. The molecule has 3 aliphatic heterocycles. The number of thiocarbonyl (C=S) groups is 1. The molecular weight excluding hydrogens is 644 g/mol. The van der Waals surface area contributed by atoms with Crippen molar-refractivity contribution in [3.05, 3.63) is 120 Å². The molecule has 1 amide bonds. The SMILES string of the molecule is O=C1NC(=S)c2ccccc21.c1ccc2c(c1)Oc1cccc(Oc3cccc4c3[AsH]c3ccccc3O4)c1[AsH]2. The number of fused-ring (bicyclic) bond motifs is 5. The fraction of sp³-hybridized carbons (Fsp3) is 0. The molecule has 0 radical (unpaired) electrons. The number of carbonyl (C=O) groups excluding carboxylic acids is 1. The summed E-state index contributed by atoms with van der Waals surface area (Å²) in [5.41, 5.74) is 1.52. The zero-order chi connectivity index (χ0) is 27.1. The molecule has 5 aromatic rings. The quantitative estimate of drug-likeness (QED) is 0.226. The van der Waals surface area contributed by atoms with Crippen LogP contribution in [0, 0.1) is 0 Å². The van der Waals surface area contributed by atoms with E-state index in [4.69, 9.17) is 26.4 Å². The summed E-state index contributed by atoms with van der Waals surface area (Å²) in [4.78, 5) is 11.6. The number of amides is 1. The van der Waals surface area contributed by atoms with Crippen LogP contribution in [0.1, 0.15) is 15.9 Å². The molecule has 5 aromatic carbocycles. The summed E-state index contributed by atoms with van der Waals surface area (Å²) in [6.45, 7) is 0. The van der Waals surface area contributed by atoms with Gasteiger partial charge in [-0.1, -0.05) is 30.4 Å². The van der Waals surface area contributed by atoms with Crippen molar-refractivity contribution >= 4 is 72.0 Å². The molecule has 8 heteroatoms. The van der Waals surface area contributed by atoms with Gasteiger partial charge in [0.2, 0.25) is 0 Å². The molecule has 2 unspecified atom stereocenters. The second-order valence-corrected chi connectivity index (χ2v) is 15.0. The number of nitrogens with one attached hydrogen (secondary N) is 1. The number of benzene rings is 5. The molecule has 1 N–H and O–H groups in total. The van der Waals surface area contributed by atoms with Gasteiger partial charge in [0.1, 0.15) is 4.99 Å². The van der Waals surface area contributed by atoms with E-state index in [-0.39, 0.29) is 5.91 Å². The van der Waals surface area contributed by atoms with Gasteiger partial charge in [0, 0.05) is 11.1 Å². The number of rotatable bonds is 2. The van der Waals surface area contributed by atoms with E-state index in [0.29, 0.717) is 10.6 Å². The first-order valence-corrected chi connectivity index (χ1v) is 17.2. The molecule has 40 heavy (non-hydrogen) atoms. The predicted molar refractivity (Wildman–Crippen MR) is 164 cm³/mol. The van der Waals surface area contributed by atoms with Gasteiger partial charge in [-0.2, -0.15) is 0 Å². The van der Waals surface area contributed by atoms with Gasteiger partial charge in [-0.05, 0) is 6.07 Å². The van der Waals surface area contributed by atoms with Crippen molar-refractivity contribution in [2.75, 3.05) is 0 Å². The Bertz CT molecular complexity index is 1690. The summed E-state index contributed by atoms with van der Waals surface area (Å²) in [7, 11) is 0. The van der Waals surface area contributed by atoms with E-state index in [1.807, 2.05) is 66.7 Å². The van der Waals surface area contributed by atoms with Crippen molar-refractivity contribution in [3.63, 3.8) is 0 Å². The molecule has 0 bridgehead atoms. The number of hydrogen-bond acceptors (Lipinski definition) is 5. The monoisotopic (exact) mass is 665 g/mol. The molecule has 3 heterocycles.